The van der Waals surface area contributed by atoms with E-state index >= 15 is 0 Å². The molecule has 21 heavy (non-hydrogen) atoms. The topological polar surface area (TPSA) is 160 Å². The van der Waals surface area contributed by atoms with Crippen molar-refractivity contribution in [2.75, 3.05) is 6.54 Å². The van der Waals surface area contributed by atoms with Gasteiger partial charge in [-0.3, -0.25) is 4.79 Å². The summed E-state index contributed by atoms with van der Waals surface area (Å²) in [5.74, 6) is -1.79. The number of nitrogens with one attached hydrogen (secondary N) is 1. The summed E-state index contributed by atoms with van der Waals surface area (Å²) in [5.41, 5.74) is -1.77. The van der Waals surface area contributed by atoms with E-state index in [1.165, 1.54) is 0 Å². The van der Waals surface area contributed by atoms with Gasteiger partial charge in [-0.05, 0) is 22.9 Å². The number of nitro groups is 1. The fourth-order valence-corrected chi connectivity index (χ4v) is 2.47. The highest BCUT2D eigenvalue weighted by molar-refractivity contribution is 7.89. The lowest BCUT2D eigenvalue weighted by Gasteiger charge is -2.21. The van der Waals surface area contributed by atoms with Gasteiger partial charge in [0.2, 0.25) is 10.0 Å². The van der Waals surface area contributed by atoms with Crippen LogP contribution in [0.5, 0.6) is 0 Å². The first-order chi connectivity index (χ1) is 9.53. The predicted molar refractivity (Wildman–Crippen MR) is 69.0 cm³/mol. The van der Waals surface area contributed by atoms with Gasteiger partial charge in [0, 0.05) is 12.6 Å². The number of aliphatic hydroxyl groups is 1. The first kappa shape index (κ1) is 16.9. The molecule has 1 heterocycles. The van der Waals surface area contributed by atoms with Crippen LogP contribution >= 0.6 is 0 Å². The van der Waals surface area contributed by atoms with Crippen molar-refractivity contribution in [3.63, 3.8) is 0 Å². The predicted octanol–water partition coefficient (Wildman–Crippen LogP) is -0.506. The lowest BCUT2D eigenvalue weighted by atomic mass is 10.0. The summed E-state index contributed by atoms with van der Waals surface area (Å²) in [4.78, 5) is 23.2. The molecule has 1 atom stereocenters. The standard InChI is InChI=1S/C10H13N3O7S/c1-10(16,4-9(14)15)6-12-21(19,20)7-2-3-8(11-5-7)13(17)18/h2-3,5,12,16H,4,6H2,1H3,(H,14,15). The smallest absolute Gasteiger partial charge is 0.363 e. The van der Waals surface area contributed by atoms with E-state index in [0.29, 0.717) is 0 Å². The molecule has 0 radical (unpaired) electrons. The Hall–Kier alpha value is -2.11. The molecule has 0 aliphatic heterocycles. The molecule has 0 aliphatic carbocycles. The Morgan fingerprint density at radius 2 is 2.14 bits per heavy atom. The van der Waals surface area contributed by atoms with E-state index in [-0.39, 0.29) is 4.90 Å². The van der Waals surface area contributed by atoms with Gasteiger partial charge in [0.05, 0.1) is 12.0 Å². The third-order valence-electron chi connectivity index (χ3n) is 2.39. The van der Waals surface area contributed by atoms with Crippen LogP contribution in [0.3, 0.4) is 0 Å². The van der Waals surface area contributed by atoms with Crippen LogP contribution in [0, 0.1) is 10.1 Å². The Morgan fingerprint density at radius 1 is 1.52 bits per heavy atom. The summed E-state index contributed by atoms with van der Waals surface area (Å²) in [6.45, 7) is 0.635. The molecule has 0 fully saturated rings. The number of hydrogen-bond donors (Lipinski definition) is 3. The molecule has 0 saturated heterocycles. The maximum absolute atomic E-state index is 11.9. The number of nitrogens with zero attached hydrogens (tertiary/aromatic N) is 2. The maximum Gasteiger partial charge on any atom is 0.363 e. The molecule has 0 bridgehead atoms. The van der Waals surface area contributed by atoms with Crippen molar-refractivity contribution in [1.29, 1.82) is 0 Å². The summed E-state index contributed by atoms with van der Waals surface area (Å²) < 4.78 is 25.8. The summed E-state index contributed by atoms with van der Waals surface area (Å²) in [5, 5.41) is 28.7. The first-order valence-electron chi connectivity index (χ1n) is 5.58. The highest BCUT2D eigenvalue weighted by Crippen LogP contribution is 2.14. The van der Waals surface area contributed by atoms with Crippen molar-refractivity contribution in [2.45, 2.75) is 23.8 Å². The van der Waals surface area contributed by atoms with E-state index in [4.69, 9.17) is 5.11 Å². The molecule has 0 saturated carbocycles. The monoisotopic (exact) mass is 319 g/mol. The molecule has 3 N–H and O–H groups in total. The third kappa shape index (κ3) is 5.06. The molecule has 1 rings (SSSR count). The number of aromatic nitrogens is 1. The second-order valence-electron chi connectivity index (χ2n) is 4.50. The normalized spacial score (nSPS) is 14.4. The molecule has 1 aromatic rings. The van der Waals surface area contributed by atoms with Crippen LogP contribution in [-0.2, 0) is 14.8 Å². The lowest BCUT2D eigenvalue weighted by molar-refractivity contribution is -0.389. The van der Waals surface area contributed by atoms with Crippen molar-refractivity contribution >= 4 is 21.8 Å². The van der Waals surface area contributed by atoms with E-state index in [0.717, 1.165) is 25.3 Å². The SMILES string of the molecule is CC(O)(CNS(=O)(=O)c1ccc([N+](=O)[O-])nc1)CC(=O)O. The maximum atomic E-state index is 11.9. The van der Waals surface area contributed by atoms with Crippen molar-refractivity contribution in [2.24, 2.45) is 0 Å². The van der Waals surface area contributed by atoms with Gasteiger partial charge in [0.1, 0.15) is 4.90 Å². The fraction of sp³-hybridized carbons (Fsp3) is 0.400. The zero-order valence-corrected chi connectivity index (χ0v) is 11.7. The van der Waals surface area contributed by atoms with E-state index in [1.807, 2.05) is 4.72 Å². The molecular weight excluding hydrogens is 306 g/mol. The summed E-state index contributed by atoms with van der Waals surface area (Å²) in [7, 11) is -4.06. The van der Waals surface area contributed by atoms with Crippen molar-refractivity contribution in [3.8, 4) is 0 Å². The van der Waals surface area contributed by atoms with Gasteiger partial charge in [0.15, 0.2) is 6.20 Å². The van der Waals surface area contributed by atoms with Gasteiger partial charge in [0.25, 0.3) is 0 Å². The second kappa shape index (κ2) is 6.11. The number of hydrogen-bond acceptors (Lipinski definition) is 7. The van der Waals surface area contributed by atoms with Crippen LogP contribution in [-0.4, -0.2) is 46.7 Å². The zero-order chi connectivity index (χ0) is 16.3. The van der Waals surface area contributed by atoms with E-state index in [2.05, 4.69) is 4.98 Å². The Bertz CT molecular complexity index is 639. The van der Waals surface area contributed by atoms with Crippen molar-refractivity contribution in [1.82, 2.24) is 9.71 Å². The molecule has 1 aromatic heterocycles. The summed E-state index contributed by atoms with van der Waals surface area (Å²) in [6.07, 6.45) is 0.153. The zero-order valence-electron chi connectivity index (χ0n) is 10.9. The van der Waals surface area contributed by atoms with Crippen molar-refractivity contribution in [3.05, 3.63) is 28.4 Å². The largest absolute Gasteiger partial charge is 0.481 e. The molecule has 10 nitrogen and oxygen atoms in total. The van der Waals surface area contributed by atoms with Gasteiger partial charge in [-0.25, -0.2) is 13.1 Å². The van der Waals surface area contributed by atoms with Crippen LogP contribution in [0.4, 0.5) is 5.82 Å². The molecule has 11 heteroatoms. The fourth-order valence-electron chi connectivity index (χ4n) is 1.36. The van der Waals surface area contributed by atoms with Gasteiger partial charge in [-0.2, -0.15) is 0 Å². The Balaban J connectivity index is 2.82. The van der Waals surface area contributed by atoms with Crippen LogP contribution in [0.25, 0.3) is 0 Å². The van der Waals surface area contributed by atoms with Gasteiger partial charge < -0.3 is 20.3 Å². The number of rotatable bonds is 7. The number of sulfonamides is 1. The Labute approximate surface area is 119 Å². The van der Waals surface area contributed by atoms with E-state index in [1.54, 1.807) is 0 Å². The van der Waals surface area contributed by atoms with Gasteiger partial charge in [-0.1, -0.05) is 0 Å². The van der Waals surface area contributed by atoms with Crippen LogP contribution in [0.15, 0.2) is 23.2 Å². The number of carboxylic acid groups (broad SMARTS) is 1. The van der Waals surface area contributed by atoms with Crippen LogP contribution in [0.2, 0.25) is 0 Å². The van der Waals surface area contributed by atoms with Gasteiger partial charge >= 0.3 is 11.8 Å². The molecule has 0 aliphatic rings. The van der Waals surface area contributed by atoms with Crippen LogP contribution in [0.1, 0.15) is 13.3 Å². The molecule has 0 amide bonds. The molecule has 1 unspecified atom stereocenters. The molecular formula is C10H13N3O7S. The third-order valence-corrected chi connectivity index (χ3v) is 3.78. The minimum absolute atomic E-state index is 0.334. The number of carbonyl (C=O) groups is 1. The molecule has 0 aromatic carbocycles. The highest BCUT2D eigenvalue weighted by Gasteiger charge is 2.27. The van der Waals surface area contributed by atoms with E-state index < -0.39 is 45.3 Å². The summed E-state index contributed by atoms with van der Waals surface area (Å²) >= 11 is 0. The second-order valence-corrected chi connectivity index (χ2v) is 6.27. The molecule has 116 valence electrons. The van der Waals surface area contributed by atoms with E-state index in [9.17, 15) is 28.4 Å². The summed E-state index contributed by atoms with van der Waals surface area (Å²) in [6, 6.07) is 1.91. The average molecular weight is 319 g/mol. The Morgan fingerprint density at radius 3 is 2.57 bits per heavy atom. The number of aliphatic carboxylic acids is 1. The highest BCUT2D eigenvalue weighted by atomic mass is 32.2. The number of pyridine rings is 1. The minimum atomic E-state index is -4.06. The quantitative estimate of drug-likeness (QED) is 0.447. The first-order valence-corrected chi connectivity index (χ1v) is 7.06. The lowest BCUT2D eigenvalue weighted by Crippen LogP contribution is -2.42. The number of carboxylic acids is 1. The van der Waals surface area contributed by atoms with Gasteiger partial charge in [-0.15, -0.1) is 0 Å². The Kier molecular flexibility index (Phi) is 4.93. The van der Waals surface area contributed by atoms with Crippen LogP contribution < -0.4 is 4.72 Å². The van der Waals surface area contributed by atoms with Crippen molar-refractivity contribution < 1.29 is 28.3 Å². The average Bonchev–Trinajstić information content (AvgIpc) is 2.35. The minimum Gasteiger partial charge on any atom is -0.481 e. The molecule has 0 spiro atoms.